The normalized spacial score (nSPS) is 21.2. The molecule has 10 rings (SSSR count). The van der Waals surface area contributed by atoms with E-state index in [1.54, 1.807) is 0 Å². The fraction of sp³-hybridized carbons (Fsp3) is 0.360. The Morgan fingerprint density at radius 1 is 0.794 bits per heavy atom. The van der Waals surface area contributed by atoms with Gasteiger partial charge in [-0.25, -0.2) is 14.6 Å². The van der Waals surface area contributed by atoms with Crippen LogP contribution < -0.4 is 10.6 Å². The molecule has 3 N–H and O–H groups in total. The average molecular weight is 846 g/mol. The van der Waals surface area contributed by atoms with E-state index in [0.717, 1.165) is 98.6 Å². The Morgan fingerprint density at radius 2 is 1.51 bits per heavy atom. The smallest absolute Gasteiger partial charge is 0.407 e. The zero-order valence-electron chi connectivity index (χ0n) is 35.9. The summed E-state index contributed by atoms with van der Waals surface area (Å²) in [5.41, 5.74) is 7.81. The average Bonchev–Trinajstić information content (AvgIpc) is 4.17. The molecular weight excluding hydrogens is 795 g/mol. The van der Waals surface area contributed by atoms with E-state index < -0.39 is 24.3 Å². The maximum atomic E-state index is 14.5. The summed E-state index contributed by atoms with van der Waals surface area (Å²) >= 11 is 0. The number of methoxy groups -OCH3 is 2. The molecule has 0 radical (unpaired) electrons. The van der Waals surface area contributed by atoms with Gasteiger partial charge >= 0.3 is 12.2 Å². The van der Waals surface area contributed by atoms with Gasteiger partial charge in [0.2, 0.25) is 5.91 Å². The van der Waals surface area contributed by atoms with Crippen LogP contribution in [0.3, 0.4) is 0 Å². The number of imidazole rings is 1. The summed E-state index contributed by atoms with van der Waals surface area (Å²) in [5.74, 6) is 0.692. The maximum absolute atomic E-state index is 14.5. The van der Waals surface area contributed by atoms with Crippen molar-refractivity contribution in [3.8, 4) is 11.1 Å². The minimum Gasteiger partial charge on any atom is -0.453 e. The molecule has 3 aliphatic heterocycles. The van der Waals surface area contributed by atoms with Crippen molar-refractivity contribution in [3.05, 3.63) is 108 Å². The van der Waals surface area contributed by atoms with Gasteiger partial charge in [-0.2, -0.15) is 0 Å². The van der Waals surface area contributed by atoms with Crippen LogP contribution in [-0.4, -0.2) is 88.4 Å². The van der Waals surface area contributed by atoms with E-state index in [-0.39, 0.29) is 35.9 Å². The first-order valence-corrected chi connectivity index (χ1v) is 22.0. The highest BCUT2D eigenvalue weighted by molar-refractivity contribution is 6.08. The van der Waals surface area contributed by atoms with E-state index in [4.69, 9.17) is 19.5 Å². The van der Waals surface area contributed by atoms with E-state index in [2.05, 4.69) is 76.3 Å². The van der Waals surface area contributed by atoms with Crippen LogP contribution in [0.1, 0.15) is 75.0 Å². The van der Waals surface area contributed by atoms with Crippen LogP contribution in [0.25, 0.3) is 43.7 Å². The van der Waals surface area contributed by atoms with Crippen LogP contribution in [0, 0.1) is 11.8 Å². The van der Waals surface area contributed by atoms with Crippen molar-refractivity contribution in [2.45, 2.75) is 82.6 Å². The van der Waals surface area contributed by atoms with E-state index >= 15 is 0 Å². The minimum atomic E-state index is -0.857. The SMILES string of the molecule is COC(=O)N[C@H](C(=O)N1CCC[C@H]1c1nc2c(ccc3cc(-c4ccc5c6c(ccc5c4)N=C([C@@H]4[C@@H]5CC[C@@H](C5)N4C(=O)[C@H](NC(=O)OC)c4ccccc4)C6)ccc32)[nH]1)C(C)C. The van der Waals surface area contributed by atoms with Gasteiger partial charge in [-0.3, -0.25) is 14.6 Å². The number of benzene rings is 5. The van der Waals surface area contributed by atoms with Crippen molar-refractivity contribution in [2.75, 3.05) is 20.8 Å². The number of piperidine rings is 1. The van der Waals surface area contributed by atoms with Gasteiger partial charge in [0.1, 0.15) is 17.9 Å². The molecule has 1 aromatic heterocycles. The number of H-pyrrole nitrogens is 1. The highest BCUT2D eigenvalue weighted by Gasteiger charge is 2.52. The Balaban J connectivity index is 0.894. The topological polar surface area (TPSA) is 158 Å². The van der Waals surface area contributed by atoms with E-state index in [0.29, 0.717) is 18.9 Å². The van der Waals surface area contributed by atoms with Gasteiger partial charge in [0.05, 0.1) is 43.0 Å². The molecular formula is C50H51N7O6. The second-order valence-electron chi connectivity index (χ2n) is 17.7. The molecule has 1 aliphatic carbocycles. The number of likely N-dealkylation sites (tertiary alicyclic amines) is 2. The van der Waals surface area contributed by atoms with E-state index in [1.807, 2.05) is 54.0 Å². The second-order valence-corrected chi connectivity index (χ2v) is 17.7. The number of hydrogen-bond acceptors (Lipinski definition) is 8. The van der Waals surface area contributed by atoms with Crippen LogP contribution in [0.4, 0.5) is 15.3 Å². The zero-order valence-corrected chi connectivity index (χ0v) is 35.9. The molecule has 13 nitrogen and oxygen atoms in total. The molecule has 4 aliphatic rings. The lowest BCUT2D eigenvalue weighted by Gasteiger charge is -2.37. The van der Waals surface area contributed by atoms with Gasteiger partial charge in [0.25, 0.3) is 5.91 Å². The van der Waals surface area contributed by atoms with E-state index in [1.165, 1.54) is 19.8 Å². The summed E-state index contributed by atoms with van der Waals surface area (Å²) < 4.78 is 9.74. The quantitative estimate of drug-likeness (QED) is 0.131. The predicted molar refractivity (Wildman–Crippen MR) is 242 cm³/mol. The Kier molecular flexibility index (Phi) is 10.4. The second kappa shape index (κ2) is 16.2. The van der Waals surface area contributed by atoms with Crippen LogP contribution in [0.5, 0.6) is 0 Å². The third kappa shape index (κ3) is 7.13. The number of fused-ring (bicyclic) bond motifs is 8. The Hall–Kier alpha value is -6.76. The maximum Gasteiger partial charge on any atom is 0.407 e. The van der Waals surface area contributed by atoms with Gasteiger partial charge in [-0.1, -0.05) is 80.6 Å². The van der Waals surface area contributed by atoms with Gasteiger partial charge in [-0.15, -0.1) is 0 Å². The summed E-state index contributed by atoms with van der Waals surface area (Å²) in [6, 6.07) is 29.1. The largest absolute Gasteiger partial charge is 0.453 e. The molecule has 2 bridgehead atoms. The lowest BCUT2D eigenvalue weighted by molar-refractivity contribution is -0.136. The molecule has 322 valence electrons. The summed E-state index contributed by atoms with van der Waals surface area (Å²) in [6.45, 7) is 4.42. The molecule has 4 heterocycles. The molecule has 6 aromatic rings. The van der Waals surface area contributed by atoms with Crippen molar-refractivity contribution < 1.29 is 28.7 Å². The lowest BCUT2D eigenvalue weighted by Crippen LogP contribution is -2.53. The molecule has 13 heteroatoms. The first kappa shape index (κ1) is 40.3. The lowest BCUT2D eigenvalue weighted by atomic mass is 9.90. The fourth-order valence-electron chi connectivity index (χ4n) is 10.7. The first-order chi connectivity index (χ1) is 30.6. The molecule has 0 spiro atoms. The number of carbonyl (C=O) groups excluding carboxylic acids is 4. The molecule has 0 unspecified atom stereocenters. The first-order valence-electron chi connectivity index (χ1n) is 22.0. The fourth-order valence-corrected chi connectivity index (χ4v) is 10.7. The number of aromatic amines is 1. The molecule has 1 saturated carbocycles. The number of nitrogens with one attached hydrogen (secondary N) is 3. The molecule has 6 atom stereocenters. The number of aliphatic imine (C=N–C) groups is 1. The van der Waals surface area contributed by atoms with Crippen LogP contribution in [0.2, 0.25) is 0 Å². The third-order valence-electron chi connectivity index (χ3n) is 13.8. The Morgan fingerprint density at radius 3 is 2.25 bits per heavy atom. The number of amides is 4. The minimum absolute atomic E-state index is 0.103. The third-order valence-corrected chi connectivity index (χ3v) is 13.8. The highest BCUT2D eigenvalue weighted by atomic mass is 16.5. The summed E-state index contributed by atoms with van der Waals surface area (Å²) in [6.07, 6.45) is 3.95. The number of alkyl carbamates (subject to hydrolysis) is 2. The molecule has 5 aromatic carbocycles. The molecule has 63 heavy (non-hydrogen) atoms. The number of carbonyl (C=O) groups is 4. The molecule has 4 amide bonds. The standard InChI is InChI=1S/C50H51N7O6/c1-27(2)42(54-49(60)62-3)47(58)56-22-8-11-41(56)46-52-39-21-16-32-24-30(14-19-36(32)44(39)53-46)29-13-18-35-31(23-29)15-20-38-37(35)26-40(51-38)45-33-12-17-34(25-33)57(45)48(59)43(55-50(61)63-4)28-9-6-5-7-10-28/h5-7,9-10,13-16,18-21,23-24,27,33-34,41-43,45H,8,11-12,17,22,25-26H2,1-4H3,(H,52,53)(H,54,60)(H,55,61)/t33-,34+,41+,42+,43-,45+/m1/s1. The van der Waals surface area contributed by atoms with E-state index in [9.17, 15) is 19.2 Å². The highest BCUT2D eigenvalue weighted by Crippen LogP contribution is 2.47. The number of nitrogens with zero attached hydrogens (tertiary/aromatic N) is 4. The zero-order chi connectivity index (χ0) is 43.5. The van der Waals surface area contributed by atoms with Crippen LogP contribution in [-0.2, 0) is 25.5 Å². The van der Waals surface area contributed by atoms with Crippen LogP contribution in [0.15, 0.2) is 96.0 Å². The van der Waals surface area contributed by atoms with Gasteiger partial charge in [0, 0.05) is 30.1 Å². The number of aromatic nitrogens is 2. The Bertz CT molecular complexity index is 2840. The summed E-state index contributed by atoms with van der Waals surface area (Å²) in [5, 5.41) is 9.90. The summed E-state index contributed by atoms with van der Waals surface area (Å²) in [7, 11) is 2.61. The van der Waals surface area contributed by atoms with Crippen molar-refractivity contribution >= 4 is 68.0 Å². The number of rotatable bonds is 9. The molecule has 3 fully saturated rings. The number of hydrogen-bond donors (Lipinski definition) is 3. The summed E-state index contributed by atoms with van der Waals surface area (Å²) in [4.78, 5) is 70.5. The van der Waals surface area contributed by atoms with Crippen molar-refractivity contribution in [3.63, 3.8) is 0 Å². The van der Waals surface area contributed by atoms with Gasteiger partial charge in [-0.05, 0) is 107 Å². The van der Waals surface area contributed by atoms with Crippen molar-refractivity contribution in [2.24, 2.45) is 16.8 Å². The van der Waals surface area contributed by atoms with Crippen molar-refractivity contribution in [1.29, 1.82) is 0 Å². The van der Waals surface area contributed by atoms with Crippen molar-refractivity contribution in [1.82, 2.24) is 30.4 Å². The van der Waals surface area contributed by atoms with Gasteiger partial charge < -0.3 is 34.9 Å². The van der Waals surface area contributed by atoms with Crippen LogP contribution >= 0.6 is 0 Å². The van der Waals surface area contributed by atoms with Gasteiger partial charge in [0.15, 0.2) is 0 Å². The number of ether oxygens (including phenoxy) is 2. The monoisotopic (exact) mass is 845 g/mol. The molecule has 2 saturated heterocycles. The Labute approximate surface area is 365 Å². The predicted octanol–water partition coefficient (Wildman–Crippen LogP) is 8.69.